The van der Waals surface area contributed by atoms with Crippen molar-refractivity contribution in [3.63, 3.8) is 0 Å². The highest BCUT2D eigenvalue weighted by Crippen LogP contribution is 2.33. The summed E-state index contributed by atoms with van der Waals surface area (Å²) in [7, 11) is 0. The average molecular weight is 362 g/mol. The number of carbonyl (C=O) groups is 1. The number of nitrogens with zero attached hydrogens (tertiary/aromatic N) is 3. The molecule has 9 heteroatoms. The molecule has 0 saturated heterocycles. The van der Waals surface area contributed by atoms with Gasteiger partial charge in [-0.05, 0) is 42.8 Å². The van der Waals surface area contributed by atoms with Crippen molar-refractivity contribution in [3.8, 4) is 11.7 Å². The number of pyridine rings is 1. The maximum absolute atomic E-state index is 13.1. The molecule has 26 heavy (non-hydrogen) atoms. The van der Waals surface area contributed by atoms with E-state index in [-0.39, 0.29) is 29.5 Å². The Morgan fingerprint density at radius 2 is 2.04 bits per heavy atom. The smallest absolute Gasteiger partial charge is 0.433 e. The van der Waals surface area contributed by atoms with Gasteiger partial charge in [-0.2, -0.15) is 18.2 Å². The lowest BCUT2D eigenvalue weighted by molar-refractivity contribution is -0.141. The van der Waals surface area contributed by atoms with E-state index in [1.807, 2.05) is 0 Å². The van der Waals surface area contributed by atoms with Crippen LogP contribution in [0.4, 0.5) is 18.9 Å². The Bertz CT molecular complexity index is 1030. The highest BCUT2D eigenvalue weighted by atomic mass is 19.4. The second-order valence-electron chi connectivity index (χ2n) is 5.77. The van der Waals surface area contributed by atoms with Crippen molar-refractivity contribution < 1.29 is 22.7 Å². The van der Waals surface area contributed by atoms with E-state index in [1.165, 1.54) is 10.6 Å². The number of carbonyl (C=O) groups excluding carboxylic acids is 1. The number of halogens is 3. The summed E-state index contributed by atoms with van der Waals surface area (Å²) in [5.41, 5.74) is 1.29. The molecule has 0 unspecified atom stereocenters. The van der Waals surface area contributed by atoms with Crippen LogP contribution in [0.2, 0.25) is 0 Å². The molecule has 4 rings (SSSR count). The van der Waals surface area contributed by atoms with Crippen LogP contribution in [-0.2, 0) is 17.4 Å². The zero-order chi connectivity index (χ0) is 18.5. The lowest BCUT2D eigenvalue weighted by Crippen LogP contribution is -2.09. The molecular weight excluding hydrogens is 349 g/mol. The summed E-state index contributed by atoms with van der Waals surface area (Å²) in [5, 5.41) is 2.72. The number of imidazole rings is 1. The Kier molecular flexibility index (Phi) is 3.60. The van der Waals surface area contributed by atoms with Gasteiger partial charge in [-0.25, -0.2) is 9.55 Å². The molecule has 0 aliphatic carbocycles. The molecule has 0 spiro atoms. The molecule has 6 nitrogen and oxygen atoms in total. The van der Waals surface area contributed by atoms with E-state index < -0.39 is 11.9 Å². The number of fused-ring (bicyclic) bond motifs is 2. The number of anilines is 1. The Morgan fingerprint density at radius 3 is 2.77 bits per heavy atom. The third-order valence-electron chi connectivity index (χ3n) is 4.01. The highest BCUT2D eigenvalue weighted by molar-refractivity contribution is 5.99. The third-order valence-corrected chi connectivity index (χ3v) is 4.01. The summed E-state index contributed by atoms with van der Waals surface area (Å²) in [5.74, 6) is -0.129. The van der Waals surface area contributed by atoms with Gasteiger partial charge in [-0.3, -0.25) is 4.79 Å². The largest absolute Gasteiger partial charge is 0.465 e. The summed E-state index contributed by atoms with van der Waals surface area (Å²) in [4.78, 5) is 19.5. The van der Waals surface area contributed by atoms with Crippen LogP contribution in [0.25, 0.3) is 16.9 Å². The lowest BCUT2D eigenvalue weighted by Gasteiger charge is -2.11. The SMILES string of the molecule is CCOc1nc2ccc(C(F)(F)F)nc2n1-c1ccc2c(c1)CC(=O)N2. The molecule has 3 heterocycles. The standard InChI is InChI=1S/C17H13F3N4O2/c1-2-26-16-22-12-5-6-13(17(18,19)20)23-15(12)24(16)10-3-4-11-9(7-10)8-14(25)21-11/h3-7H,2,8H2,1H3,(H,21,25). The molecule has 0 bridgehead atoms. The fourth-order valence-corrected chi connectivity index (χ4v) is 2.91. The first kappa shape index (κ1) is 16.4. The Balaban J connectivity index is 1.93. The van der Waals surface area contributed by atoms with Crippen LogP contribution in [0.3, 0.4) is 0 Å². The number of nitrogens with one attached hydrogen (secondary N) is 1. The van der Waals surface area contributed by atoms with E-state index in [2.05, 4.69) is 15.3 Å². The number of rotatable bonds is 3. The first-order valence-corrected chi connectivity index (χ1v) is 7.89. The lowest BCUT2D eigenvalue weighted by atomic mass is 10.1. The molecule has 0 radical (unpaired) electrons. The van der Waals surface area contributed by atoms with Gasteiger partial charge in [-0.1, -0.05) is 0 Å². The summed E-state index contributed by atoms with van der Waals surface area (Å²) < 4.78 is 46.1. The molecular formula is C17H13F3N4O2. The summed E-state index contributed by atoms with van der Waals surface area (Å²) >= 11 is 0. The highest BCUT2D eigenvalue weighted by Gasteiger charge is 2.33. The topological polar surface area (TPSA) is 69.0 Å². The van der Waals surface area contributed by atoms with Gasteiger partial charge in [0.1, 0.15) is 11.2 Å². The van der Waals surface area contributed by atoms with Crippen LogP contribution in [-0.4, -0.2) is 27.0 Å². The number of aromatic nitrogens is 3. The van der Waals surface area contributed by atoms with E-state index in [4.69, 9.17) is 4.74 Å². The maximum Gasteiger partial charge on any atom is 0.433 e. The normalized spacial score (nSPS) is 13.8. The molecule has 1 aromatic carbocycles. The fourth-order valence-electron chi connectivity index (χ4n) is 2.91. The van der Waals surface area contributed by atoms with Gasteiger partial charge in [0.2, 0.25) is 5.91 Å². The Labute approximate surface area is 145 Å². The summed E-state index contributed by atoms with van der Waals surface area (Å²) in [6, 6.07) is 7.40. The predicted molar refractivity (Wildman–Crippen MR) is 87.4 cm³/mol. The number of benzene rings is 1. The van der Waals surface area contributed by atoms with E-state index in [1.54, 1.807) is 25.1 Å². The van der Waals surface area contributed by atoms with Gasteiger partial charge in [-0.15, -0.1) is 0 Å². The molecule has 3 aromatic rings. The second-order valence-corrected chi connectivity index (χ2v) is 5.77. The van der Waals surface area contributed by atoms with Crippen LogP contribution >= 0.6 is 0 Å². The monoisotopic (exact) mass is 362 g/mol. The first-order chi connectivity index (χ1) is 12.4. The zero-order valence-corrected chi connectivity index (χ0v) is 13.6. The maximum atomic E-state index is 13.1. The van der Waals surface area contributed by atoms with Gasteiger partial charge < -0.3 is 10.1 Å². The number of hydrogen-bond acceptors (Lipinski definition) is 4. The molecule has 1 amide bonds. The third kappa shape index (κ3) is 2.65. The molecule has 134 valence electrons. The number of alkyl halides is 3. The molecule has 0 atom stereocenters. The number of amides is 1. The van der Waals surface area contributed by atoms with Crippen LogP contribution in [0, 0.1) is 0 Å². The predicted octanol–water partition coefficient (Wildman–Crippen LogP) is 3.33. The molecule has 1 aliphatic heterocycles. The molecule has 1 aliphatic rings. The van der Waals surface area contributed by atoms with Gasteiger partial charge in [0.25, 0.3) is 0 Å². The van der Waals surface area contributed by atoms with Crippen LogP contribution in [0.5, 0.6) is 6.01 Å². The minimum Gasteiger partial charge on any atom is -0.465 e. The minimum absolute atomic E-state index is 0.0421. The number of ether oxygens (including phenoxy) is 1. The minimum atomic E-state index is -4.57. The van der Waals surface area contributed by atoms with Crippen LogP contribution in [0.15, 0.2) is 30.3 Å². The molecule has 0 fully saturated rings. The van der Waals surface area contributed by atoms with Crippen LogP contribution < -0.4 is 10.1 Å². The van der Waals surface area contributed by atoms with E-state index in [9.17, 15) is 18.0 Å². The summed E-state index contributed by atoms with van der Waals surface area (Å²) in [6.45, 7) is 2.05. The van der Waals surface area contributed by atoms with Crippen molar-refractivity contribution in [2.75, 3.05) is 11.9 Å². The summed E-state index contributed by atoms with van der Waals surface area (Å²) in [6.07, 6.45) is -4.36. The average Bonchev–Trinajstić information content (AvgIpc) is 3.11. The van der Waals surface area contributed by atoms with Crippen molar-refractivity contribution in [1.82, 2.24) is 14.5 Å². The Morgan fingerprint density at radius 1 is 1.23 bits per heavy atom. The van der Waals surface area contributed by atoms with Crippen molar-refractivity contribution in [3.05, 3.63) is 41.6 Å². The van der Waals surface area contributed by atoms with Gasteiger partial charge >= 0.3 is 12.2 Å². The molecule has 2 aromatic heterocycles. The molecule has 0 saturated carbocycles. The van der Waals surface area contributed by atoms with Gasteiger partial charge in [0.15, 0.2) is 5.65 Å². The van der Waals surface area contributed by atoms with Crippen molar-refractivity contribution in [2.24, 2.45) is 0 Å². The van der Waals surface area contributed by atoms with Crippen LogP contribution in [0.1, 0.15) is 18.2 Å². The Hall–Kier alpha value is -3.10. The quantitative estimate of drug-likeness (QED) is 0.776. The number of hydrogen-bond donors (Lipinski definition) is 1. The zero-order valence-electron chi connectivity index (χ0n) is 13.6. The van der Waals surface area contributed by atoms with Crippen molar-refractivity contribution >= 4 is 22.8 Å². The van der Waals surface area contributed by atoms with E-state index >= 15 is 0 Å². The van der Waals surface area contributed by atoms with Crippen molar-refractivity contribution in [2.45, 2.75) is 19.5 Å². The van der Waals surface area contributed by atoms with E-state index in [0.29, 0.717) is 18.0 Å². The second kappa shape index (κ2) is 5.72. The van der Waals surface area contributed by atoms with Crippen molar-refractivity contribution in [1.29, 1.82) is 0 Å². The molecule has 1 N–H and O–H groups in total. The van der Waals surface area contributed by atoms with E-state index in [0.717, 1.165) is 11.6 Å². The first-order valence-electron chi connectivity index (χ1n) is 7.89. The van der Waals surface area contributed by atoms with Gasteiger partial charge in [0.05, 0.1) is 18.7 Å². The fraction of sp³-hybridized carbons (Fsp3) is 0.235. The van der Waals surface area contributed by atoms with Gasteiger partial charge in [0, 0.05) is 5.69 Å².